The molecular formula is C14H25NO3S. The van der Waals surface area contributed by atoms with Gasteiger partial charge in [0.25, 0.3) is 5.91 Å². The number of hydrogen-bond acceptors (Lipinski definition) is 4. The molecule has 0 N–H and O–H groups in total. The van der Waals surface area contributed by atoms with Crippen molar-refractivity contribution in [1.82, 2.24) is 4.90 Å². The van der Waals surface area contributed by atoms with Crippen molar-refractivity contribution in [1.29, 1.82) is 0 Å². The molecule has 0 spiro atoms. The standard InChI is InChI=1S/C14H25NO3S/c1-14(2,17-3)13(16)15(11-6-8-19-10-11)9-12-5-4-7-18-12/h11-12H,4-10H2,1-3H3. The van der Waals surface area contributed by atoms with E-state index >= 15 is 0 Å². The van der Waals surface area contributed by atoms with Crippen LogP contribution in [0.3, 0.4) is 0 Å². The first-order chi connectivity index (χ1) is 9.04. The summed E-state index contributed by atoms with van der Waals surface area (Å²) in [6.07, 6.45) is 3.47. The van der Waals surface area contributed by atoms with E-state index < -0.39 is 5.60 Å². The van der Waals surface area contributed by atoms with Crippen molar-refractivity contribution in [3.05, 3.63) is 0 Å². The third kappa shape index (κ3) is 3.64. The van der Waals surface area contributed by atoms with Crippen LogP contribution in [0, 0.1) is 0 Å². The highest BCUT2D eigenvalue weighted by Crippen LogP contribution is 2.27. The molecule has 0 saturated carbocycles. The van der Waals surface area contributed by atoms with Crippen molar-refractivity contribution < 1.29 is 14.3 Å². The molecule has 2 fully saturated rings. The average molecular weight is 287 g/mol. The summed E-state index contributed by atoms with van der Waals surface area (Å²) in [5.41, 5.74) is -0.744. The van der Waals surface area contributed by atoms with E-state index in [1.807, 2.05) is 30.5 Å². The van der Waals surface area contributed by atoms with Crippen LogP contribution in [0.4, 0.5) is 0 Å². The van der Waals surface area contributed by atoms with Gasteiger partial charge in [-0.2, -0.15) is 11.8 Å². The summed E-state index contributed by atoms with van der Waals surface area (Å²) < 4.78 is 11.1. The van der Waals surface area contributed by atoms with E-state index in [-0.39, 0.29) is 12.0 Å². The number of amides is 1. The molecule has 0 bridgehead atoms. The molecule has 2 heterocycles. The predicted molar refractivity (Wildman–Crippen MR) is 77.5 cm³/mol. The number of ether oxygens (including phenoxy) is 2. The SMILES string of the molecule is COC(C)(C)C(=O)N(CC1CCCO1)C1CCSC1. The zero-order valence-corrected chi connectivity index (χ0v) is 13.0. The molecule has 5 heteroatoms. The molecule has 0 radical (unpaired) electrons. The van der Waals surface area contributed by atoms with Gasteiger partial charge in [-0.05, 0) is 38.9 Å². The second-order valence-electron chi connectivity index (χ2n) is 5.82. The number of methoxy groups -OCH3 is 1. The van der Waals surface area contributed by atoms with E-state index in [2.05, 4.69) is 0 Å². The lowest BCUT2D eigenvalue weighted by atomic mass is 10.0. The van der Waals surface area contributed by atoms with Crippen molar-refractivity contribution >= 4 is 17.7 Å². The van der Waals surface area contributed by atoms with E-state index in [1.165, 1.54) is 0 Å². The van der Waals surface area contributed by atoms with Gasteiger partial charge in [-0.1, -0.05) is 0 Å². The molecule has 2 aliphatic heterocycles. The maximum absolute atomic E-state index is 12.7. The van der Waals surface area contributed by atoms with E-state index in [0.717, 1.165) is 43.9 Å². The van der Waals surface area contributed by atoms with Crippen LogP contribution in [-0.4, -0.2) is 60.3 Å². The number of thioether (sulfide) groups is 1. The Labute approximate surface area is 120 Å². The van der Waals surface area contributed by atoms with E-state index in [9.17, 15) is 4.79 Å². The second kappa shape index (κ2) is 6.46. The fraction of sp³-hybridized carbons (Fsp3) is 0.929. The summed E-state index contributed by atoms with van der Waals surface area (Å²) in [5, 5.41) is 0. The summed E-state index contributed by atoms with van der Waals surface area (Å²) in [6, 6.07) is 0.344. The average Bonchev–Trinajstić information content (AvgIpc) is 3.07. The maximum atomic E-state index is 12.7. The van der Waals surface area contributed by atoms with Crippen LogP contribution in [0.5, 0.6) is 0 Å². The quantitative estimate of drug-likeness (QED) is 0.774. The summed E-state index contributed by atoms with van der Waals surface area (Å²) in [5.74, 6) is 2.28. The first-order valence-electron chi connectivity index (χ1n) is 7.10. The van der Waals surface area contributed by atoms with E-state index in [1.54, 1.807) is 7.11 Å². The minimum Gasteiger partial charge on any atom is -0.376 e. The molecule has 0 aromatic carbocycles. The van der Waals surface area contributed by atoms with Gasteiger partial charge in [-0.15, -0.1) is 0 Å². The van der Waals surface area contributed by atoms with Crippen LogP contribution >= 0.6 is 11.8 Å². The lowest BCUT2D eigenvalue weighted by Crippen LogP contribution is -2.53. The summed E-state index contributed by atoms with van der Waals surface area (Å²) in [7, 11) is 1.60. The molecule has 0 aromatic heterocycles. The third-order valence-corrected chi connectivity index (χ3v) is 5.20. The highest BCUT2D eigenvalue weighted by Gasteiger charge is 2.38. The van der Waals surface area contributed by atoms with Gasteiger partial charge < -0.3 is 14.4 Å². The Morgan fingerprint density at radius 1 is 1.47 bits per heavy atom. The lowest BCUT2D eigenvalue weighted by molar-refractivity contribution is -0.154. The second-order valence-corrected chi connectivity index (χ2v) is 6.97. The molecule has 0 aliphatic carbocycles. The molecule has 2 unspecified atom stereocenters. The summed E-state index contributed by atoms with van der Waals surface area (Å²) >= 11 is 1.93. The number of hydrogen-bond donors (Lipinski definition) is 0. The predicted octanol–water partition coefficient (Wildman–Crippen LogP) is 1.92. The summed E-state index contributed by atoms with van der Waals surface area (Å²) in [6.45, 7) is 5.25. The van der Waals surface area contributed by atoms with Crippen molar-refractivity contribution in [2.45, 2.75) is 50.9 Å². The zero-order valence-electron chi connectivity index (χ0n) is 12.2. The van der Waals surface area contributed by atoms with Gasteiger partial charge in [0.05, 0.1) is 6.10 Å². The smallest absolute Gasteiger partial charge is 0.254 e. The van der Waals surface area contributed by atoms with Crippen molar-refractivity contribution in [2.75, 3.05) is 31.8 Å². The molecule has 2 rings (SSSR count). The van der Waals surface area contributed by atoms with Crippen LogP contribution in [0.2, 0.25) is 0 Å². The number of carbonyl (C=O) groups excluding carboxylic acids is 1. The third-order valence-electron chi connectivity index (χ3n) is 4.06. The normalized spacial score (nSPS) is 27.7. The Balaban J connectivity index is 2.06. The Morgan fingerprint density at radius 2 is 2.26 bits per heavy atom. The van der Waals surface area contributed by atoms with Gasteiger partial charge >= 0.3 is 0 Å². The minimum atomic E-state index is -0.744. The lowest BCUT2D eigenvalue weighted by Gasteiger charge is -2.36. The van der Waals surface area contributed by atoms with Crippen molar-refractivity contribution in [3.63, 3.8) is 0 Å². The molecular weight excluding hydrogens is 262 g/mol. The fourth-order valence-electron chi connectivity index (χ4n) is 2.61. The minimum absolute atomic E-state index is 0.0954. The van der Waals surface area contributed by atoms with Gasteiger partial charge in [-0.25, -0.2) is 0 Å². The van der Waals surface area contributed by atoms with Gasteiger partial charge in [0, 0.05) is 32.1 Å². The van der Waals surface area contributed by atoms with Crippen LogP contribution in [0.1, 0.15) is 33.1 Å². The molecule has 1 amide bonds. The van der Waals surface area contributed by atoms with E-state index in [0.29, 0.717) is 6.04 Å². The molecule has 19 heavy (non-hydrogen) atoms. The molecule has 110 valence electrons. The summed E-state index contributed by atoms with van der Waals surface area (Å²) in [4.78, 5) is 14.7. The molecule has 2 aliphatic rings. The Hall–Kier alpha value is -0.260. The van der Waals surface area contributed by atoms with Gasteiger partial charge in [0.2, 0.25) is 0 Å². The van der Waals surface area contributed by atoms with Crippen molar-refractivity contribution in [3.8, 4) is 0 Å². The Kier molecular flexibility index (Phi) is 5.15. The first-order valence-corrected chi connectivity index (χ1v) is 8.25. The highest BCUT2D eigenvalue weighted by molar-refractivity contribution is 7.99. The fourth-order valence-corrected chi connectivity index (χ4v) is 3.83. The molecule has 4 nitrogen and oxygen atoms in total. The van der Waals surface area contributed by atoms with E-state index in [4.69, 9.17) is 9.47 Å². The number of carbonyl (C=O) groups is 1. The highest BCUT2D eigenvalue weighted by atomic mass is 32.2. The van der Waals surface area contributed by atoms with Crippen LogP contribution in [0.15, 0.2) is 0 Å². The topological polar surface area (TPSA) is 38.8 Å². The monoisotopic (exact) mass is 287 g/mol. The number of rotatable bonds is 5. The largest absolute Gasteiger partial charge is 0.376 e. The number of nitrogens with zero attached hydrogens (tertiary/aromatic N) is 1. The van der Waals surface area contributed by atoms with Crippen LogP contribution in [0.25, 0.3) is 0 Å². The van der Waals surface area contributed by atoms with Crippen molar-refractivity contribution in [2.24, 2.45) is 0 Å². The van der Waals surface area contributed by atoms with Crippen LogP contribution < -0.4 is 0 Å². The maximum Gasteiger partial charge on any atom is 0.254 e. The Morgan fingerprint density at radius 3 is 2.79 bits per heavy atom. The molecule has 0 aromatic rings. The van der Waals surface area contributed by atoms with Gasteiger partial charge in [0.15, 0.2) is 0 Å². The molecule has 2 saturated heterocycles. The zero-order chi connectivity index (χ0) is 13.9. The van der Waals surface area contributed by atoms with Gasteiger partial charge in [-0.3, -0.25) is 4.79 Å². The Bertz CT molecular complexity index is 310. The van der Waals surface area contributed by atoms with Crippen LogP contribution in [-0.2, 0) is 14.3 Å². The first kappa shape index (κ1) is 15.1. The van der Waals surface area contributed by atoms with Gasteiger partial charge in [0.1, 0.15) is 5.60 Å². The molecule has 2 atom stereocenters.